The van der Waals surface area contributed by atoms with E-state index in [2.05, 4.69) is 10.6 Å². The number of benzene rings is 2. The number of fused-ring (bicyclic) bond motifs is 2. The summed E-state index contributed by atoms with van der Waals surface area (Å²) < 4.78 is 5.44. The van der Waals surface area contributed by atoms with Crippen molar-refractivity contribution < 1.29 is 19.1 Å². The van der Waals surface area contributed by atoms with Crippen molar-refractivity contribution in [2.75, 3.05) is 31.0 Å². The zero-order valence-electron chi connectivity index (χ0n) is 17.1. The number of thioether (sulfide) groups is 1. The van der Waals surface area contributed by atoms with Crippen molar-refractivity contribution in [3.05, 3.63) is 47.0 Å². The molecule has 3 amide bonds. The maximum atomic E-state index is 13.4. The summed E-state index contributed by atoms with van der Waals surface area (Å²) in [6, 6.07) is 9.40. The Kier molecular flexibility index (Phi) is 6.11. The number of hydrogen-bond donors (Lipinski definition) is 2. The molecule has 31 heavy (non-hydrogen) atoms. The number of nitrogens with one attached hydrogen (secondary N) is 2. The summed E-state index contributed by atoms with van der Waals surface area (Å²) in [5, 5.41) is 6.31. The summed E-state index contributed by atoms with van der Waals surface area (Å²) in [6.07, 6.45) is 2.37. The predicted molar refractivity (Wildman–Crippen MR) is 122 cm³/mol. The standard InChI is InChI=1S/C22H22ClN3O4S/c1-30-18-6-4-13(23)10-14(18)12-3-5-16-15(9-12)22(29)26-8-7-17(20(26)21(28)25-16)24-19(27)11-31-2/h3-6,9-10,17,20H,7-8,11H2,1-2H3,(H,24,27)(H,25,28). The van der Waals surface area contributed by atoms with E-state index in [9.17, 15) is 14.4 Å². The lowest BCUT2D eigenvalue weighted by Crippen LogP contribution is -2.51. The normalized spacial score (nSPS) is 19.9. The molecule has 1 fully saturated rings. The van der Waals surface area contributed by atoms with Crippen LogP contribution in [0, 0.1) is 0 Å². The average Bonchev–Trinajstić information content (AvgIpc) is 3.12. The van der Waals surface area contributed by atoms with E-state index in [1.165, 1.54) is 11.8 Å². The van der Waals surface area contributed by atoms with Gasteiger partial charge in [-0.25, -0.2) is 0 Å². The van der Waals surface area contributed by atoms with E-state index in [1.54, 1.807) is 42.3 Å². The van der Waals surface area contributed by atoms with Crippen LogP contribution in [0.4, 0.5) is 5.69 Å². The molecule has 2 aliphatic heterocycles. The van der Waals surface area contributed by atoms with E-state index in [0.29, 0.717) is 40.7 Å². The minimum atomic E-state index is -0.741. The summed E-state index contributed by atoms with van der Waals surface area (Å²) >= 11 is 7.58. The smallest absolute Gasteiger partial charge is 0.256 e. The largest absolute Gasteiger partial charge is 0.496 e. The lowest BCUT2D eigenvalue weighted by Gasteiger charge is -2.24. The molecule has 162 valence electrons. The van der Waals surface area contributed by atoms with Gasteiger partial charge in [-0.1, -0.05) is 17.7 Å². The Morgan fingerprint density at radius 3 is 2.81 bits per heavy atom. The van der Waals surface area contributed by atoms with Gasteiger partial charge in [0.05, 0.1) is 30.2 Å². The van der Waals surface area contributed by atoms with Crippen molar-refractivity contribution >= 4 is 46.8 Å². The molecule has 9 heteroatoms. The summed E-state index contributed by atoms with van der Waals surface area (Å²) in [5.41, 5.74) is 2.35. The molecular weight excluding hydrogens is 438 g/mol. The highest BCUT2D eigenvalue weighted by atomic mass is 35.5. The average molecular weight is 460 g/mol. The van der Waals surface area contributed by atoms with Crippen molar-refractivity contribution in [2.24, 2.45) is 0 Å². The number of hydrogen-bond acceptors (Lipinski definition) is 5. The third-order valence-corrected chi connectivity index (χ3v) is 6.32. The first-order valence-electron chi connectivity index (χ1n) is 9.81. The number of methoxy groups -OCH3 is 1. The van der Waals surface area contributed by atoms with Gasteiger partial charge in [-0.3, -0.25) is 14.4 Å². The van der Waals surface area contributed by atoms with E-state index < -0.39 is 12.1 Å². The molecule has 2 atom stereocenters. The third kappa shape index (κ3) is 4.09. The number of amides is 3. The number of ether oxygens (including phenoxy) is 1. The number of rotatable bonds is 5. The van der Waals surface area contributed by atoms with Gasteiger partial charge in [-0.05, 0) is 48.6 Å². The first kappa shape index (κ1) is 21.5. The molecule has 2 aromatic rings. The molecule has 2 N–H and O–H groups in total. The lowest BCUT2D eigenvalue weighted by molar-refractivity contribution is -0.122. The molecule has 0 aliphatic carbocycles. The van der Waals surface area contributed by atoms with Gasteiger partial charge in [0.15, 0.2) is 0 Å². The Bertz CT molecular complexity index is 1060. The van der Waals surface area contributed by atoms with Gasteiger partial charge in [0, 0.05) is 17.1 Å². The van der Waals surface area contributed by atoms with Crippen LogP contribution in [0.2, 0.25) is 5.02 Å². The van der Waals surface area contributed by atoms with E-state index in [1.807, 2.05) is 12.3 Å². The maximum absolute atomic E-state index is 13.4. The fourth-order valence-corrected chi connectivity index (χ4v) is 4.66. The van der Waals surface area contributed by atoms with E-state index in [-0.39, 0.29) is 17.7 Å². The summed E-state index contributed by atoms with van der Waals surface area (Å²) in [5.74, 6) is 0.251. The van der Waals surface area contributed by atoms with Gasteiger partial charge in [0.25, 0.3) is 5.91 Å². The third-order valence-electron chi connectivity index (χ3n) is 5.53. The van der Waals surface area contributed by atoms with Gasteiger partial charge in [0.1, 0.15) is 11.8 Å². The molecule has 2 heterocycles. The molecule has 2 aliphatic rings. The number of carbonyl (C=O) groups is 3. The zero-order valence-corrected chi connectivity index (χ0v) is 18.7. The van der Waals surface area contributed by atoms with Gasteiger partial charge in [-0.2, -0.15) is 11.8 Å². The van der Waals surface area contributed by atoms with Crippen LogP contribution >= 0.6 is 23.4 Å². The van der Waals surface area contributed by atoms with E-state index in [0.717, 1.165) is 11.1 Å². The Morgan fingerprint density at radius 2 is 2.06 bits per heavy atom. The summed E-state index contributed by atoms with van der Waals surface area (Å²) in [7, 11) is 1.57. The van der Waals surface area contributed by atoms with Gasteiger partial charge in [-0.15, -0.1) is 0 Å². The van der Waals surface area contributed by atoms with Crippen LogP contribution < -0.4 is 15.4 Å². The highest BCUT2D eigenvalue weighted by molar-refractivity contribution is 7.99. The molecule has 2 aromatic carbocycles. The molecule has 2 unspecified atom stereocenters. The van der Waals surface area contributed by atoms with Crippen LogP contribution in [0.25, 0.3) is 11.1 Å². The Hall–Kier alpha value is -2.71. The van der Waals surface area contributed by atoms with Crippen LogP contribution in [0.15, 0.2) is 36.4 Å². The fourth-order valence-electron chi connectivity index (χ4n) is 4.14. The van der Waals surface area contributed by atoms with Crippen molar-refractivity contribution in [2.45, 2.75) is 18.5 Å². The van der Waals surface area contributed by atoms with Crippen LogP contribution in [0.5, 0.6) is 5.75 Å². The monoisotopic (exact) mass is 459 g/mol. The van der Waals surface area contributed by atoms with Crippen LogP contribution in [0.1, 0.15) is 16.8 Å². The van der Waals surface area contributed by atoms with Crippen molar-refractivity contribution in [1.29, 1.82) is 0 Å². The minimum absolute atomic E-state index is 0.142. The summed E-state index contributed by atoms with van der Waals surface area (Å²) in [6.45, 7) is 0.394. The zero-order chi connectivity index (χ0) is 22.1. The van der Waals surface area contributed by atoms with Crippen molar-refractivity contribution in [1.82, 2.24) is 10.2 Å². The molecule has 4 rings (SSSR count). The topological polar surface area (TPSA) is 87.7 Å². The van der Waals surface area contributed by atoms with E-state index in [4.69, 9.17) is 16.3 Å². The number of halogens is 1. The highest BCUT2D eigenvalue weighted by Crippen LogP contribution is 2.36. The SMILES string of the molecule is COc1ccc(Cl)cc1-c1ccc2c(c1)C(=O)N1CCC(NC(=O)CSC)C1C(=O)N2. The Balaban J connectivity index is 1.68. The summed E-state index contributed by atoms with van der Waals surface area (Å²) in [4.78, 5) is 40.0. The second kappa shape index (κ2) is 8.80. The molecule has 0 spiro atoms. The Labute approximate surface area is 189 Å². The highest BCUT2D eigenvalue weighted by Gasteiger charge is 2.45. The van der Waals surface area contributed by atoms with E-state index >= 15 is 0 Å². The molecule has 0 bridgehead atoms. The predicted octanol–water partition coefficient (Wildman–Crippen LogP) is 3.03. The van der Waals surface area contributed by atoms with Crippen LogP contribution in [-0.2, 0) is 9.59 Å². The number of anilines is 1. The minimum Gasteiger partial charge on any atom is -0.496 e. The second-order valence-corrected chi connectivity index (χ2v) is 8.74. The molecule has 0 saturated carbocycles. The molecule has 0 aromatic heterocycles. The lowest BCUT2D eigenvalue weighted by atomic mass is 10.0. The molecular formula is C22H22ClN3O4S. The van der Waals surface area contributed by atoms with Gasteiger partial charge < -0.3 is 20.3 Å². The first-order valence-corrected chi connectivity index (χ1v) is 11.6. The van der Waals surface area contributed by atoms with Gasteiger partial charge in [0.2, 0.25) is 11.8 Å². The fraction of sp³-hybridized carbons (Fsp3) is 0.318. The van der Waals surface area contributed by atoms with Crippen LogP contribution in [0.3, 0.4) is 0 Å². The maximum Gasteiger partial charge on any atom is 0.256 e. The quantitative estimate of drug-likeness (QED) is 0.717. The number of carbonyl (C=O) groups excluding carboxylic acids is 3. The molecule has 7 nitrogen and oxygen atoms in total. The molecule has 0 radical (unpaired) electrons. The number of nitrogens with zero attached hydrogens (tertiary/aromatic N) is 1. The Morgan fingerprint density at radius 1 is 1.26 bits per heavy atom. The molecule has 1 saturated heterocycles. The second-order valence-electron chi connectivity index (χ2n) is 7.43. The van der Waals surface area contributed by atoms with Crippen molar-refractivity contribution in [3.63, 3.8) is 0 Å². The van der Waals surface area contributed by atoms with Gasteiger partial charge >= 0.3 is 0 Å². The first-order chi connectivity index (χ1) is 14.9. The van der Waals surface area contributed by atoms with Crippen LogP contribution in [-0.4, -0.2) is 60.4 Å². The van der Waals surface area contributed by atoms with Crippen molar-refractivity contribution in [3.8, 4) is 16.9 Å².